The number of hydrogen-bond acceptors (Lipinski definition) is 8. The minimum Gasteiger partial charge on any atom is -0.493 e. The Morgan fingerprint density at radius 3 is 2.50 bits per heavy atom. The number of ether oxygens (including phenoxy) is 2. The van der Waals surface area contributed by atoms with Crippen LogP contribution in [0.25, 0.3) is 0 Å². The summed E-state index contributed by atoms with van der Waals surface area (Å²) in [7, 11) is -3.15. The van der Waals surface area contributed by atoms with Gasteiger partial charge in [0.2, 0.25) is 10.0 Å². The first-order valence-corrected chi connectivity index (χ1v) is 11.3. The van der Waals surface area contributed by atoms with E-state index in [9.17, 15) is 37.1 Å². The van der Waals surface area contributed by atoms with Crippen molar-refractivity contribution < 1.29 is 41.3 Å². The van der Waals surface area contributed by atoms with Gasteiger partial charge in [0.15, 0.2) is 11.5 Å². The Morgan fingerprint density at radius 2 is 1.94 bits per heavy atom. The van der Waals surface area contributed by atoms with Crippen LogP contribution in [0.2, 0.25) is 0 Å². The second-order valence-corrected chi connectivity index (χ2v) is 9.72. The van der Waals surface area contributed by atoms with E-state index >= 15 is 0 Å². The SMILES string of the molecule is COc1ccc(C#N)cc1OC1CN(S(=O)(=O)C2=C(C#N)C=C(C(F)(F)F)CC2)C[C@@]1(O)CO. The maximum atomic E-state index is 13.2. The van der Waals surface area contributed by atoms with Gasteiger partial charge in [-0.25, -0.2) is 8.42 Å². The Bertz CT molecular complexity index is 1230. The number of aliphatic hydroxyl groups excluding tert-OH is 1. The summed E-state index contributed by atoms with van der Waals surface area (Å²) in [6.45, 7) is -2.00. The second-order valence-electron chi connectivity index (χ2n) is 7.76. The van der Waals surface area contributed by atoms with Crippen molar-refractivity contribution in [3.8, 4) is 23.6 Å². The van der Waals surface area contributed by atoms with E-state index in [1.165, 1.54) is 31.4 Å². The number of hydrogen-bond donors (Lipinski definition) is 2. The highest BCUT2D eigenvalue weighted by molar-refractivity contribution is 7.93. The first-order valence-electron chi connectivity index (χ1n) is 9.89. The van der Waals surface area contributed by atoms with Gasteiger partial charge in [-0.1, -0.05) is 0 Å². The Labute approximate surface area is 193 Å². The van der Waals surface area contributed by atoms with E-state index in [1.807, 2.05) is 6.07 Å². The maximum Gasteiger partial charge on any atom is 0.412 e. The van der Waals surface area contributed by atoms with Crippen molar-refractivity contribution in [1.82, 2.24) is 4.31 Å². The minimum absolute atomic E-state index is 0.0185. The van der Waals surface area contributed by atoms with Crippen LogP contribution in [-0.4, -0.2) is 67.6 Å². The van der Waals surface area contributed by atoms with Gasteiger partial charge in [-0.2, -0.15) is 28.0 Å². The molecule has 1 aliphatic heterocycles. The summed E-state index contributed by atoms with van der Waals surface area (Å²) in [5.74, 6) is 0.206. The molecule has 3 rings (SSSR count). The summed E-state index contributed by atoms with van der Waals surface area (Å²) in [5, 5.41) is 39.1. The Balaban J connectivity index is 1.96. The van der Waals surface area contributed by atoms with Crippen LogP contribution in [0.5, 0.6) is 11.5 Å². The molecule has 1 aromatic carbocycles. The maximum absolute atomic E-state index is 13.2. The number of halogens is 3. The van der Waals surface area contributed by atoms with Gasteiger partial charge in [0.05, 0.1) is 42.4 Å². The Kier molecular flexibility index (Phi) is 6.96. The number of β-amino-alcohol motifs (C(OH)–C–C–N with tert-alkyl or cyclic N) is 1. The summed E-state index contributed by atoms with van der Waals surface area (Å²) < 4.78 is 77.2. The molecule has 0 radical (unpaired) electrons. The number of rotatable bonds is 6. The predicted molar refractivity (Wildman–Crippen MR) is 111 cm³/mol. The molecule has 0 saturated carbocycles. The van der Waals surface area contributed by atoms with Gasteiger partial charge < -0.3 is 19.7 Å². The van der Waals surface area contributed by atoms with Crippen LogP contribution in [0.3, 0.4) is 0 Å². The van der Waals surface area contributed by atoms with Crippen molar-refractivity contribution in [3.05, 3.63) is 45.9 Å². The largest absolute Gasteiger partial charge is 0.493 e. The number of sulfonamides is 1. The lowest BCUT2D eigenvalue weighted by Crippen LogP contribution is -2.48. The van der Waals surface area contributed by atoms with Crippen molar-refractivity contribution in [3.63, 3.8) is 0 Å². The third-order valence-electron chi connectivity index (χ3n) is 5.63. The molecule has 1 aromatic rings. The van der Waals surface area contributed by atoms with Crippen LogP contribution in [0.1, 0.15) is 18.4 Å². The van der Waals surface area contributed by atoms with Crippen molar-refractivity contribution >= 4 is 10.0 Å². The van der Waals surface area contributed by atoms with Crippen LogP contribution in [0.15, 0.2) is 40.3 Å². The molecule has 2 N–H and O–H groups in total. The molecule has 2 atom stereocenters. The van der Waals surface area contributed by atoms with Gasteiger partial charge in [-0.05, 0) is 31.1 Å². The minimum atomic E-state index is -4.70. The molecule has 34 heavy (non-hydrogen) atoms. The van der Waals surface area contributed by atoms with E-state index in [1.54, 1.807) is 0 Å². The van der Waals surface area contributed by atoms with Crippen LogP contribution >= 0.6 is 0 Å². The van der Waals surface area contributed by atoms with Crippen molar-refractivity contribution in [2.45, 2.75) is 30.7 Å². The number of benzene rings is 1. The van der Waals surface area contributed by atoms with Crippen molar-refractivity contribution in [1.29, 1.82) is 10.5 Å². The normalized spacial score (nSPS) is 23.8. The number of methoxy groups -OCH3 is 1. The molecule has 2 aliphatic rings. The van der Waals surface area contributed by atoms with E-state index in [0.29, 0.717) is 6.08 Å². The quantitative estimate of drug-likeness (QED) is 0.602. The van der Waals surface area contributed by atoms with Crippen molar-refractivity contribution in [2.75, 3.05) is 26.8 Å². The fourth-order valence-electron chi connectivity index (χ4n) is 3.75. The van der Waals surface area contributed by atoms with E-state index < -0.39 is 76.5 Å². The van der Waals surface area contributed by atoms with E-state index in [4.69, 9.17) is 14.7 Å². The zero-order valence-corrected chi connectivity index (χ0v) is 18.6. The van der Waals surface area contributed by atoms with Crippen LogP contribution in [-0.2, 0) is 10.0 Å². The molecule has 13 heteroatoms. The lowest BCUT2D eigenvalue weighted by atomic mass is 9.99. The van der Waals surface area contributed by atoms with Gasteiger partial charge in [0.25, 0.3) is 0 Å². The highest BCUT2D eigenvalue weighted by atomic mass is 32.2. The van der Waals surface area contributed by atoms with E-state index in [0.717, 1.165) is 4.31 Å². The molecule has 1 heterocycles. The molecule has 1 unspecified atom stereocenters. The first-order chi connectivity index (χ1) is 15.9. The number of nitriles is 2. The third-order valence-corrected chi connectivity index (χ3v) is 7.64. The molecule has 9 nitrogen and oxygen atoms in total. The monoisotopic (exact) mass is 499 g/mol. The summed E-state index contributed by atoms with van der Waals surface area (Å²) in [6.07, 6.45) is -6.67. The molecule has 0 bridgehead atoms. The lowest BCUT2D eigenvalue weighted by Gasteiger charge is -2.27. The number of alkyl halides is 3. The van der Waals surface area contributed by atoms with Gasteiger partial charge in [0.1, 0.15) is 17.8 Å². The fourth-order valence-corrected chi connectivity index (χ4v) is 5.53. The van der Waals surface area contributed by atoms with Crippen LogP contribution in [0, 0.1) is 22.7 Å². The van der Waals surface area contributed by atoms with Gasteiger partial charge in [-0.3, -0.25) is 0 Å². The van der Waals surface area contributed by atoms with Gasteiger partial charge in [-0.15, -0.1) is 0 Å². The summed E-state index contributed by atoms with van der Waals surface area (Å²) in [6, 6.07) is 7.62. The number of nitrogens with zero attached hydrogens (tertiary/aromatic N) is 3. The topological polar surface area (TPSA) is 144 Å². The molecule has 1 aliphatic carbocycles. The van der Waals surface area contributed by atoms with Gasteiger partial charge in [0, 0.05) is 18.2 Å². The molecule has 182 valence electrons. The van der Waals surface area contributed by atoms with Gasteiger partial charge >= 0.3 is 6.18 Å². The zero-order valence-electron chi connectivity index (χ0n) is 17.8. The summed E-state index contributed by atoms with van der Waals surface area (Å²) in [5.41, 5.74) is -3.53. The predicted octanol–water partition coefficient (Wildman–Crippen LogP) is 1.74. The molecule has 1 fully saturated rings. The summed E-state index contributed by atoms with van der Waals surface area (Å²) >= 11 is 0. The molecule has 0 spiro atoms. The molecular weight excluding hydrogens is 479 g/mol. The number of aliphatic hydroxyl groups is 2. The van der Waals surface area contributed by atoms with E-state index in [2.05, 4.69) is 0 Å². The number of allylic oxidation sites excluding steroid dienone is 4. The van der Waals surface area contributed by atoms with Crippen LogP contribution in [0.4, 0.5) is 13.2 Å². The Hall–Kier alpha value is -3.10. The van der Waals surface area contributed by atoms with Crippen molar-refractivity contribution in [2.24, 2.45) is 0 Å². The third kappa shape index (κ3) is 4.74. The highest BCUT2D eigenvalue weighted by Crippen LogP contribution is 2.40. The average molecular weight is 499 g/mol. The zero-order chi connectivity index (χ0) is 25.3. The molecule has 0 amide bonds. The molecule has 0 aromatic heterocycles. The standard InChI is InChI=1S/C21H20F3N3O6S/c1-32-16-4-2-13(8-25)6-17(16)33-19-10-27(11-20(19,29)12-28)34(30,31)18-5-3-15(21(22,23)24)7-14(18)9-26/h2,4,6-7,19,28-29H,3,5,10-12H2,1H3/t19?,20-/m1/s1. The average Bonchev–Trinajstić information content (AvgIpc) is 3.15. The summed E-state index contributed by atoms with van der Waals surface area (Å²) in [4.78, 5) is -0.506. The fraction of sp³-hybridized carbons (Fsp3) is 0.429. The second kappa shape index (κ2) is 9.27. The molecular formula is C21H20F3N3O6S. The lowest BCUT2D eigenvalue weighted by molar-refractivity contribution is -0.0941. The van der Waals surface area contributed by atoms with E-state index in [-0.39, 0.29) is 17.1 Å². The molecule has 1 saturated heterocycles. The van der Waals surface area contributed by atoms with Crippen LogP contribution < -0.4 is 9.47 Å². The first kappa shape index (κ1) is 25.5. The Morgan fingerprint density at radius 1 is 1.24 bits per heavy atom. The smallest absolute Gasteiger partial charge is 0.412 e. The highest BCUT2D eigenvalue weighted by Gasteiger charge is 2.52.